The summed E-state index contributed by atoms with van der Waals surface area (Å²) in [7, 11) is 2.06. The van der Waals surface area contributed by atoms with Crippen molar-refractivity contribution in [3.8, 4) is 11.3 Å². The summed E-state index contributed by atoms with van der Waals surface area (Å²) in [5.74, 6) is 0. The summed E-state index contributed by atoms with van der Waals surface area (Å²) in [6, 6.07) is 10.8. The zero-order chi connectivity index (χ0) is 11.0. The lowest BCUT2D eigenvalue weighted by atomic mass is 10.0. The van der Waals surface area contributed by atoms with E-state index in [0.717, 1.165) is 4.60 Å². The average molecular weight is 264 g/mol. The van der Waals surface area contributed by atoms with Gasteiger partial charge < -0.3 is 4.57 Å². The molecule has 1 nitrogen and oxygen atoms in total. The van der Waals surface area contributed by atoms with Gasteiger partial charge in [0.05, 0.1) is 4.60 Å². The van der Waals surface area contributed by atoms with Gasteiger partial charge in [-0.1, -0.05) is 12.1 Å². The fourth-order valence-electron chi connectivity index (χ4n) is 1.68. The highest BCUT2D eigenvalue weighted by Gasteiger charge is 2.05. The van der Waals surface area contributed by atoms with Crippen molar-refractivity contribution >= 4 is 15.9 Å². The molecule has 0 saturated carbocycles. The van der Waals surface area contributed by atoms with Gasteiger partial charge in [-0.2, -0.15) is 0 Å². The van der Waals surface area contributed by atoms with E-state index in [-0.39, 0.29) is 0 Å². The molecule has 0 spiro atoms. The number of halogens is 1. The summed E-state index contributed by atoms with van der Waals surface area (Å²) < 4.78 is 3.25. The van der Waals surface area contributed by atoms with Crippen molar-refractivity contribution < 1.29 is 0 Å². The highest BCUT2D eigenvalue weighted by atomic mass is 79.9. The zero-order valence-corrected chi connectivity index (χ0v) is 10.8. The van der Waals surface area contributed by atoms with E-state index in [4.69, 9.17) is 0 Å². The quantitative estimate of drug-likeness (QED) is 0.731. The standard InChI is InChI=1S/C13H14BrN/c1-9-4-5-11(8-10(9)2)12-6-7-13(14)15(12)3/h4-8H,1-3H3. The van der Waals surface area contributed by atoms with Gasteiger partial charge in [-0.3, -0.25) is 0 Å². The van der Waals surface area contributed by atoms with E-state index < -0.39 is 0 Å². The monoisotopic (exact) mass is 263 g/mol. The Kier molecular flexibility index (Phi) is 2.70. The van der Waals surface area contributed by atoms with E-state index in [2.05, 4.69) is 71.7 Å². The fourth-order valence-corrected chi connectivity index (χ4v) is 2.00. The molecule has 0 aliphatic carbocycles. The van der Waals surface area contributed by atoms with Crippen LogP contribution < -0.4 is 0 Å². The van der Waals surface area contributed by atoms with E-state index in [1.54, 1.807) is 0 Å². The van der Waals surface area contributed by atoms with Gasteiger partial charge in [-0.25, -0.2) is 0 Å². The molecule has 0 radical (unpaired) electrons. The van der Waals surface area contributed by atoms with Crippen LogP contribution in [-0.4, -0.2) is 4.57 Å². The molecule has 0 aliphatic rings. The maximum absolute atomic E-state index is 3.51. The van der Waals surface area contributed by atoms with Gasteiger partial charge in [0.15, 0.2) is 0 Å². The largest absolute Gasteiger partial charge is 0.338 e. The van der Waals surface area contributed by atoms with E-state index in [0.29, 0.717) is 0 Å². The number of rotatable bonds is 1. The van der Waals surface area contributed by atoms with Crippen LogP contribution in [0.25, 0.3) is 11.3 Å². The number of aryl methyl sites for hydroxylation is 2. The lowest BCUT2D eigenvalue weighted by Crippen LogP contribution is -1.92. The minimum atomic E-state index is 1.11. The predicted octanol–water partition coefficient (Wildman–Crippen LogP) is 4.07. The summed E-state index contributed by atoms with van der Waals surface area (Å²) in [4.78, 5) is 0. The number of nitrogens with zero attached hydrogens (tertiary/aromatic N) is 1. The first-order chi connectivity index (χ1) is 7.09. The molecular weight excluding hydrogens is 250 g/mol. The van der Waals surface area contributed by atoms with Crippen molar-refractivity contribution in [2.24, 2.45) is 7.05 Å². The van der Waals surface area contributed by atoms with Crippen molar-refractivity contribution in [2.45, 2.75) is 13.8 Å². The fraction of sp³-hybridized carbons (Fsp3) is 0.231. The molecular formula is C13H14BrN. The molecule has 0 atom stereocenters. The molecule has 78 valence electrons. The third-order valence-corrected chi connectivity index (χ3v) is 3.66. The van der Waals surface area contributed by atoms with Gasteiger partial charge in [0.2, 0.25) is 0 Å². The van der Waals surface area contributed by atoms with Gasteiger partial charge in [0, 0.05) is 12.7 Å². The molecule has 0 N–H and O–H groups in total. The molecule has 0 saturated heterocycles. The van der Waals surface area contributed by atoms with Gasteiger partial charge in [-0.05, 0) is 64.7 Å². The lowest BCUT2D eigenvalue weighted by molar-refractivity contribution is 0.910. The number of aromatic nitrogens is 1. The maximum atomic E-state index is 3.51. The molecule has 2 rings (SSSR count). The van der Waals surface area contributed by atoms with E-state index in [9.17, 15) is 0 Å². The van der Waals surface area contributed by atoms with Crippen molar-refractivity contribution in [3.63, 3.8) is 0 Å². The summed E-state index contributed by atoms with van der Waals surface area (Å²) in [6.45, 7) is 4.29. The smallest absolute Gasteiger partial charge is 0.0848 e. The summed E-state index contributed by atoms with van der Waals surface area (Å²) >= 11 is 3.51. The minimum Gasteiger partial charge on any atom is -0.338 e. The molecule has 2 heteroatoms. The predicted molar refractivity (Wildman–Crippen MR) is 68.0 cm³/mol. The second kappa shape index (κ2) is 3.86. The molecule has 15 heavy (non-hydrogen) atoms. The average Bonchev–Trinajstić information content (AvgIpc) is 2.53. The van der Waals surface area contributed by atoms with Gasteiger partial charge >= 0.3 is 0 Å². The van der Waals surface area contributed by atoms with Crippen LogP contribution in [0, 0.1) is 13.8 Å². The summed E-state index contributed by atoms with van der Waals surface area (Å²) in [6.07, 6.45) is 0. The van der Waals surface area contributed by atoms with Gasteiger partial charge in [-0.15, -0.1) is 0 Å². The molecule has 0 amide bonds. The molecule has 1 heterocycles. The van der Waals surface area contributed by atoms with Crippen molar-refractivity contribution in [3.05, 3.63) is 46.1 Å². The normalized spacial score (nSPS) is 10.7. The van der Waals surface area contributed by atoms with Crippen molar-refractivity contribution in [2.75, 3.05) is 0 Å². The summed E-state index contributed by atoms with van der Waals surface area (Å²) in [5, 5.41) is 0. The number of hydrogen-bond acceptors (Lipinski definition) is 0. The lowest BCUT2D eigenvalue weighted by Gasteiger charge is -2.07. The molecule has 2 aromatic rings. The van der Waals surface area contributed by atoms with Crippen LogP contribution in [0.3, 0.4) is 0 Å². The van der Waals surface area contributed by atoms with Crippen LogP contribution in [0.4, 0.5) is 0 Å². The third kappa shape index (κ3) is 1.86. The van der Waals surface area contributed by atoms with Gasteiger partial charge in [0.1, 0.15) is 0 Å². The highest BCUT2D eigenvalue weighted by Crippen LogP contribution is 2.25. The molecule has 0 aliphatic heterocycles. The van der Waals surface area contributed by atoms with Crippen LogP contribution in [-0.2, 0) is 7.05 Å². The van der Waals surface area contributed by atoms with Crippen LogP contribution >= 0.6 is 15.9 Å². The Morgan fingerprint density at radius 1 is 1.00 bits per heavy atom. The first kappa shape index (κ1) is 10.5. The van der Waals surface area contributed by atoms with Crippen molar-refractivity contribution in [1.82, 2.24) is 4.57 Å². The van der Waals surface area contributed by atoms with Crippen LogP contribution in [0.1, 0.15) is 11.1 Å². The molecule has 1 aromatic carbocycles. The third-order valence-electron chi connectivity index (χ3n) is 2.86. The zero-order valence-electron chi connectivity index (χ0n) is 9.21. The molecule has 0 fully saturated rings. The number of hydrogen-bond donors (Lipinski definition) is 0. The maximum Gasteiger partial charge on any atom is 0.0848 e. The second-order valence-corrected chi connectivity index (χ2v) is 4.71. The van der Waals surface area contributed by atoms with E-state index in [1.165, 1.54) is 22.4 Å². The minimum absolute atomic E-state index is 1.11. The molecule has 1 aromatic heterocycles. The molecule has 0 bridgehead atoms. The Labute approximate surface area is 98.9 Å². The highest BCUT2D eigenvalue weighted by molar-refractivity contribution is 9.10. The van der Waals surface area contributed by atoms with Crippen LogP contribution in [0.5, 0.6) is 0 Å². The Hall–Kier alpha value is -1.02. The first-order valence-electron chi connectivity index (χ1n) is 4.98. The van der Waals surface area contributed by atoms with Crippen LogP contribution in [0.15, 0.2) is 34.9 Å². The Morgan fingerprint density at radius 2 is 1.73 bits per heavy atom. The Morgan fingerprint density at radius 3 is 2.27 bits per heavy atom. The van der Waals surface area contributed by atoms with Crippen LogP contribution in [0.2, 0.25) is 0 Å². The van der Waals surface area contributed by atoms with E-state index >= 15 is 0 Å². The SMILES string of the molecule is Cc1ccc(-c2ccc(Br)n2C)cc1C. The topological polar surface area (TPSA) is 4.93 Å². The molecule has 0 unspecified atom stereocenters. The van der Waals surface area contributed by atoms with Gasteiger partial charge in [0.25, 0.3) is 0 Å². The van der Waals surface area contributed by atoms with E-state index in [1.807, 2.05) is 0 Å². The first-order valence-corrected chi connectivity index (χ1v) is 5.78. The summed E-state index contributed by atoms with van der Waals surface area (Å²) in [5.41, 5.74) is 5.19. The Balaban J connectivity index is 2.55. The Bertz CT molecular complexity index is 497. The number of benzene rings is 1. The second-order valence-electron chi connectivity index (χ2n) is 3.90. The van der Waals surface area contributed by atoms with Crippen molar-refractivity contribution in [1.29, 1.82) is 0 Å².